The molecule has 1 aliphatic rings. The fourth-order valence-electron chi connectivity index (χ4n) is 3.00. The highest BCUT2D eigenvalue weighted by molar-refractivity contribution is 9.10. The molecule has 0 atom stereocenters. The lowest BCUT2D eigenvalue weighted by Gasteiger charge is -2.12. The number of ether oxygens (including phenoxy) is 3. The summed E-state index contributed by atoms with van der Waals surface area (Å²) in [4.78, 5) is 16.7. The molecular formula is C24H16BrCl2NO4. The van der Waals surface area contributed by atoms with Crippen LogP contribution in [-0.4, -0.2) is 19.0 Å². The second-order valence-corrected chi connectivity index (χ2v) is 8.43. The number of carbonyl (C=O) groups is 1. The average Bonchev–Trinajstić information content (AvgIpc) is 3.15. The van der Waals surface area contributed by atoms with Gasteiger partial charge < -0.3 is 14.2 Å². The van der Waals surface area contributed by atoms with E-state index in [0.717, 1.165) is 10.0 Å². The number of esters is 1. The normalized spacial score (nSPS) is 14.3. The van der Waals surface area contributed by atoms with E-state index in [0.29, 0.717) is 39.3 Å². The van der Waals surface area contributed by atoms with Crippen LogP contribution in [0.15, 0.2) is 75.8 Å². The quantitative estimate of drug-likeness (QED) is 0.262. The van der Waals surface area contributed by atoms with Gasteiger partial charge in [-0.3, -0.25) is 0 Å². The Morgan fingerprint density at radius 3 is 2.59 bits per heavy atom. The molecule has 0 N–H and O–H groups in total. The summed E-state index contributed by atoms with van der Waals surface area (Å²) in [5.74, 6) is 0.796. The minimum atomic E-state index is -0.519. The molecule has 1 heterocycles. The second kappa shape index (κ2) is 9.77. The Labute approximate surface area is 203 Å². The molecule has 3 aromatic carbocycles. The van der Waals surface area contributed by atoms with Crippen molar-refractivity contribution in [3.05, 3.63) is 97.6 Å². The summed E-state index contributed by atoms with van der Waals surface area (Å²) in [6.45, 7) is 0.291. The van der Waals surface area contributed by atoms with E-state index in [1.54, 1.807) is 43.5 Å². The van der Waals surface area contributed by atoms with Crippen LogP contribution < -0.4 is 9.47 Å². The standard InChI is InChI=1S/C24H16BrCl2NO4/c1-30-22-12-14(7-9-21(22)31-13-15-6-8-18(26)19(27)10-15)11-20-24(29)32-23(28-20)16-4-2-3-5-17(16)25/h2-12H,13H2,1H3/b20-11-. The molecule has 4 rings (SSSR count). The van der Waals surface area contributed by atoms with Crippen LogP contribution in [0.4, 0.5) is 0 Å². The predicted octanol–water partition coefficient (Wildman–Crippen LogP) is 6.69. The first-order chi connectivity index (χ1) is 15.4. The Balaban J connectivity index is 1.54. The highest BCUT2D eigenvalue weighted by atomic mass is 79.9. The van der Waals surface area contributed by atoms with Gasteiger partial charge in [0.05, 0.1) is 22.7 Å². The van der Waals surface area contributed by atoms with Gasteiger partial charge in [-0.05, 0) is 69.5 Å². The van der Waals surface area contributed by atoms with Gasteiger partial charge in [0.15, 0.2) is 17.2 Å². The van der Waals surface area contributed by atoms with E-state index in [-0.39, 0.29) is 11.6 Å². The van der Waals surface area contributed by atoms with Crippen molar-refractivity contribution in [2.45, 2.75) is 6.61 Å². The third-order valence-electron chi connectivity index (χ3n) is 4.59. The Kier molecular flexibility index (Phi) is 6.84. The number of halogens is 3. The van der Waals surface area contributed by atoms with E-state index in [1.165, 1.54) is 0 Å². The number of carbonyl (C=O) groups excluding carboxylic acids is 1. The summed E-state index contributed by atoms with van der Waals surface area (Å²) in [6.07, 6.45) is 1.64. The minimum absolute atomic E-state index is 0.197. The second-order valence-electron chi connectivity index (χ2n) is 6.76. The van der Waals surface area contributed by atoms with Crippen molar-refractivity contribution in [1.82, 2.24) is 0 Å². The van der Waals surface area contributed by atoms with Crippen LogP contribution >= 0.6 is 39.1 Å². The topological polar surface area (TPSA) is 57.1 Å². The summed E-state index contributed by atoms with van der Waals surface area (Å²) >= 11 is 15.5. The van der Waals surface area contributed by atoms with Gasteiger partial charge >= 0.3 is 5.97 Å². The van der Waals surface area contributed by atoms with Crippen molar-refractivity contribution in [3.63, 3.8) is 0 Å². The third-order valence-corrected chi connectivity index (χ3v) is 6.02. The molecule has 0 bridgehead atoms. The highest BCUT2D eigenvalue weighted by Gasteiger charge is 2.25. The van der Waals surface area contributed by atoms with Gasteiger partial charge in [0.2, 0.25) is 5.90 Å². The maximum Gasteiger partial charge on any atom is 0.363 e. The molecule has 5 nitrogen and oxygen atoms in total. The number of rotatable bonds is 6. The fourth-order valence-corrected chi connectivity index (χ4v) is 3.78. The maximum absolute atomic E-state index is 12.3. The largest absolute Gasteiger partial charge is 0.493 e. The van der Waals surface area contributed by atoms with Crippen LogP contribution in [0, 0.1) is 0 Å². The molecule has 0 aromatic heterocycles. The van der Waals surface area contributed by atoms with Crippen molar-refractivity contribution in [1.29, 1.82) is 0 Å². The number of methoxy groups -OCH3 is 1. The van der Waals surface area contributed by atoms with Gasteiger partial charge in [-0.1, -0.05) is 47.5 Å². The number of aliphatic imine (C=N–C) groups is 1. The molecular weight excluding hydrogens is 517 g/mol. The van der Waals surface area contributed by atoms with Gasteiger partial charge in [0.25, 0.3) is 0 Å². The van der Waals surface area contributed by atoms with E-state index in [2.05, 4.69) is 20.9 Å². The molecule has 32 heavy (non-hydrogen) atoms. The average molecular weight is 533 g/mol. The molecule has 0 spiro atoms. The first-order valence-electron chi connectivity index (χ1n) is 9.47. The maximum atomic E-state index is 12.3. The van der Waals surface area contributed by atoms with Crippen molar-refractivity contribution in [2.75, 3.05) is 7.11 Å². The van der Waals surface area contributed by atoms with Crippen molar-refractivity contribution >= 4 is 57.1 Å². The lowest BCUT2D eigenvalue weighted by Crippen LogP contribution is -2.05. The molecule has 0 amide bonds. The van der Waals surface area contributed by atoms with E-state index in [9.17, 15) is 4.79 Å². The highest BCUT2D eigenvalue weighted by Crippen LogP contribution is 2.31. The number of nitrogens with zero attached hydrogens (tertiary/aromatic N) is 1. The van der Waals surface area contributed by atoms with Crippen molar-refractivity contribution < 1.29 is 19.0 Å². The van der Waals surface area contributed by atoms with Gasteiger partial charge in [-0.25, -0.2) is 9.79 Å². The van der Waals surface area contributed by atoms with Crippen molar-refractivity contribution in [2.24, 2.45) is 4.99 Å². The molecule has 0 saturated heterocycles. The van der Waals surface area contributed by atoms with Gasteiger partial charge in [-0.2, -0.15) is 0 Å². The summed E-state index contributed by atoms with van der Waals surface area (Å²) in [7, 11) is 1.55. The van der Waals surface area contributed by atoms with Gasteiger partial charge in [0.1, 0.15) is 6.61 Å². The predicted molar refractivity (Wildman–Crippen MR) is 129 cm³/mol. The summed E-state index contributed by atoms with van der Waals surface area (Å²) in [5.41, 5.74) is 2.48. The first-order valence-corrected chi connectivity index (χ1v) is 11.0. The molecule has 3 aromatic rings. The number of cyclic esters (lactones) is 1. The summed E-state index contributed by atoms with van der Waals surface area (Å²) in [5, 5.41) is 0.953. The first kappa shape index (κ1) is 22.4. The smallest absolute Gasteiger partial charge is 0.363 e. The summed E-state index contributed by atoms with van der Waals surface area (Å²) in [6, 6.07) is 18.0. The monoisotopic (exact) mass is 531 g/mol. The van der Waals surface area contributed by atoms with Crippen molar-refractivity contribution in [3.8, 4) is 11.5 Å². The molecule has 0 radical (unpaired) electrons. The minimum Gasteiger partial charge on any atom is -0.493 e. The molecule has 0 saturated carbocycles. The zero-order chi connectivity index (χ0) is 22.7. The molecule has 8 heteroatoms. The van der Waals surface area contributed by atoms with E-state index in [1.807, 2.05) is 30.3 Å². The molecule has 1 aliphatic heterocycles. The Bertz CT molecular complexity index is 1260. The number of hydrogen-bond acceptors (Lipinski definition) is 5. The van der Waals surface area contributed by atoms with Crippen LogP contribution in [0.1, 0.15) is 16.7 Å². The lowest BCUT2D eigenvalue weighted by molar-refractivity contribution is -0.129. The van der Waals surface area contributed by atoms with Crippen LogP contribution in [-0.2, 0) is 16.1 Å². The molecule has 0 fully saturated rings. The zero-order valence-corrected chi connectivity index (χ0v) is 19.9. The van der Waals surface area contributed by atoms with Crippen LogP contribution in [0.25, 0.3) is 6.08 Å². The zero-order valence-electron chi connectivity index (χ0n) is 16.8. The Morgan fingerprint density at radius 2 is 1.84 bits per heavy atom. The number of hydrogen-bond donors (Lipinski definition) is 0. The third kappa shape index (κ3) is 4.99. The lowest BCUT2D eigenvalue weighted by atomic mass is 10.1. The van der Waals surface area contributed by atoms with Crippen LogP contribution in [0.2, 0.25) is 10.0 Å². The molecule has 0 unspecified atom stereocenters. The van der Waals surface area contributed by atoms with E-state index in [4.69, 9.17) is 37.4 Å². The van der Waals surface area contributed by atoms with Crippen LogP contribution in [0.3, 0.4) is 0 Å². The summed E-state index contributed by atoms with van der Waals surface area (Å²) < 4.78 is 17.5. The van der Waals surface area contributed by atoms with Crippen LogP contribution in [0.5, 0.6) is 11.5 Å². The van der Waals surface area contributed by atoms with E-state index >= 15 is 0 Å². The number of benzene rings is 3. The van der Waals surface area contributed by atoms with Gasteiger partial charge in [-0.15, -0.1) is 0 Å². The Hall–Kier alpha value is -2.80. The molecule has 162 valence electrons. The molecule has 0 aliphatic carbocycles. The van der Waals surface area contributed by atoms with Gasteiger partial charge in [0, 0.05) is 4.47 Å². The fraction of sp³-hybridized carbons (Fsp3) is 0.0833. The SMILES string of the molecule is COc1cc(/C=C2\N=C(c3ccccc3Br)OC2=O)ccc1OCc1ccc(Cl)c(Cl)c1. The Morgan fingerprint density at radius 1 is 1.03 bits per heavy atom. The van der Waals surface area contributed by atoms with E-state index < -0.39 is 5.97 Å².